The van der Waals surface area contributed by atoms with Crippen LogP contribution >= 0.6 is 0 Å². The molecule has 7 heteroatoms. The first kappa shape index (κ1) is 14.3. The molecule has 1 rings (SSSR count). The number of carbonyl (C=O) groups excluding carboxylic acids is 3. The highest BCUT2D eigenvalue weighted by molar-refractivity contribution is 5.79. The lowest BCUT2D eigenvalue weighted by molar-refractivity contribution is -0.179. The zero-order valence-electron chi connectivity index (χ0n) is 11.0. The minimum absolute atomic E-state index is 0.308. The summed E-state index contributed by atoms with van der Waals surface area (Å²) in [6.07, 6.45) is -1.77. The van der Waals surface area contributed by atoms with Crippen LogP contribution in [0, 0.1) is 0 Å². The van der Waals surface area contributed by atoms with Crippen molar-refractivity contribution in [1.82, 2.24) is 9.80 Å². The lowest BCUT2D eigenvalue weighted by Gasteiger charge is -2.25. The Hall–Kier alpha value is -1.79. The first-order valence-electron chi connectivity index (χ1n) is 5.84. The fourth-order valence-corrected chi connectivity index (χ4v) is 1.90. The molecule has 0 saturated carbocycles. The molecule has 1 fully saturated rings. The molecule has 1 aliphatic heterocycles. The van der Waals surface area contributed by atoms with Crippen LogP contribution in [0.1, 0.15) is 27.7 Å². The fraction of sp³-hybridized carbons (Fsp3) is 0.727. The molecule has 0 radical (unpaired) electrons. The number of ether oxygens (including phenoxy) is 2. The molecule has 0 aliphatic carbocycles. The van der Waals surface area contributed by atoms with Crippen molar-refractivity contribution in [2.45, 2.75) is 40.2 Å². The van der Waals surface area contributed by atoms with Crippen LogP contribution in [-0.2, 0) is 19.1 Å². The zero-order chi connectivity index (χ0) is 13.9. The van der Waals surface area contributed by atoms with E-state index in [9.17, 15) is 14.4 Å². The van der Waals surface area contributed by atoms with Gasteiger partial charge in [-0.05, 0) is 13.8 Å². The van der Waals surface area contributed by atoms with E-state index in [0.29, 0.717) is 13.1 Å². The third kappa shape index (κ3) is 2.72. The fourth-order valence-electron chi connectivity index (χ4n) is 1.90. The van der Waals surface area contributed by atoms with Crippen LogP contribution in [0.15, 0.2) is 0 Å². The number of rotatable bonds is 4. The van der Waals surface area contributed by atoms with Crippen LogP contribution in [0.2, 0.25) is 0 Å². The second-order valence-corrected chi connectivity index (χ2v) is 3.85. The summed E-state index contributed by atoms with van der Waals surface area (Å²) in [5.74, 6) is -1.05. The quantitative estimate of drug-likeness (QED) is 0.688. The molecular formula is C11H18N2O5. The third-order valence-electron chi connectivity index (χ3n) is 2.60. The highest BCUT2D eigenvalue weighted by Gasteiger charge is 2.48. The van der Waals surface area contributed by atoms with E-state index in [1.807, 2.05) is 0 Å². The van der Waals surface area contributed by atoms with Gasteiger partial charge in [0.2, 0.25) is 12.5 Å². The molecule has 0 unspecified atom stereocenters. The second kappa shape index (κ2) is 5.70. The summed E-state index contributed by atoms with van der Waals surface area (Å²) in [5.41, 5.74) is 0. The molecule has 0 aromatic rings. The van der Waals surface area contributed by atoms with Crippen LogP contribution in [0.3, 0.4) is 0 Å². The summed E-state index contributed by atoms with van der Waals surface area (Å²) in [7, 11) is 0. The van der Waals surface area contributed by atoms with Crippen LogP contribution in [0.5, 0.6) is 0 Å². The molecule has 102 valence electrons. The monoisotopic (exact) mass is 258 g/mol. The molecule has 0 N–H and O–H groups in total. The number of hydrogen-bond donors (Lipinski definition) is 0. The zero-order valence-corrected chi connectivity index (χ0v) is 11.0. The van der Waals surface area contributed by atoms with E-state index >= 15 is 0 Å². The lowest BCUT2D eigenvalue weighted by atomic mass is 10.4. The SMILES string of the molecule is CCN1C(=O)N(CC)[C@@H](OC(C)=O)[C@@H]1OC(C)=O. The predicted molar refractivity (Wildman–Crippen MR) is 61.3 cm³/mol. The van der Waals surface area contributed by atoms with E-state index in [1.54, 1.807) is 13.8 Å². The van der Waals surface area contributed by atoms with Gasteiger partial charge in [-0.2, -0.15) is 0 Å². The number of amides is 2. The van der Waals surface area contributed by atoms with Crippen LogP contribution < -0.4 is 0 Å². The Labute approximate surface area is 106 Å². The summed E-state index contributed by atoms with van der Waals surface area (Å²) < 4.78 is 10.2. The van der Waals surface area contributed by atoms with Gasteiger partial charge in [-0.3, -0.25) is 19.4 Å². The number of hydrogen-bond acceptors (Lipinski definition) is 5. The largest absolute Gasteiger partial charge is 0.435 e. The van der Waals surface area contributed by atoms with Gasteiger partial charge < -0.3 is 9.47 Å². The maximum absolute atomic E-state index is 12.0. The summed E-state index contributed by atoms with van der Waals surface area (Å²) in [6.45, 7) is 6.75. The van der Waals surface area contributed by atoms with Gasteiger partial charge >= 0.3 is 18.0 Å². The average Bonchev–Trinajstić information content (AvgIpc) is 2.49. The third-order valence-corrected chi connectivity index (χ3v) is 2.60. The predicted octanol–water partition coefficient (Wildman–Crippen LogP) is 0.542. The standard InChI is InChI=1S/C11H18N2O5/c1-5-12-9(17-7(3)14)10(18-8(4)15)13(6-2)11(12)16/h9-10H,5-6H2,1-4H3/t9-,10-/m0/s1. The minimum atomic E-state index is -0.885. The van der Waals surface area contributed by atoms with Crippen LogP contribution in [-0.4, -0.2) is 53.3 Å². The van der Waals surface area contributed by atoms with E-state index in [2.05, 4.69) is 0 Å². The molecule has 2 atom stereocenters. The first-order valence-corrected chi connectivity index (χ1v) is 5.84. The Bertz CT molecular complexity index is 325. The normalized spacial score (nSPS) is 23.2. The number of nitrogens with zero attached hydrogens (tertiary/aromatic N) is 2. The van der Waals surface area contributed by atoms with Crippen molar-refractivity contribution in [1.29, 1.82) is 0 Å². The van der Waals surface area contributed by atoms with Gasteiger partial charge in [0, 0.05) is 26.9 Å². The van der Waals surface area contributed by atoms with E-state index in [-0.39, 0.29) is 6.03 Å². The summed E-state index contributed by atoms with van der Waals surface area (Å²) in [4.78, 5) is 36.9. The molecule has 0 spiro atoms. The van der Waals surface area contributed by atoms with Gasteiger partial charge in [-0.25, -0.2) is 4.79 Å². The van der Waals surface area contributed by atoms with Crippen molar-refractivity contribution in [3.63, 3.8) is 0 Å². The highest BCUT2D eigenvalue weighted by atomic mass is 16.6. The second-order valence-electron chi connectivity index (χ2n) is 3.85. The van der Waals surface area contributed by atoms with Crippen LogP contribution in [0.25, 0.3) is 0 Å². The van der Waals surface area contributed by atoms with Gasteiger partial charge in [0.25, 0.3) is 0 Å². The molecule has 1 saturated heterocycles. The molecule has 1 heterocycles. The van der Waals surface area contributed by atoms with Gasteiger partial charge in [0.05, 0.1) is 0 Å². The van der Waals surface area contributed by atoms with Crippen molar-refractivity contribution in [3.05, 3.63) is 0 Å². The van der Waals surface area contributed by atoms with Crippen molar-refractivity contribution < 1.29 is 23.9 Å². The molecule has 1 aliphatic rings. The molecule has 7 nitrogen and oxygen atoms in total. The molecular weight excluding hydrogens is 240 g/mol. The summed E-state index contributed by atoms with van der Waals surface area (Å²) in [6, 6.07) is -0.308. The Morgan fingerprint density at radius 2 is 1.33 bits per heavy atom. The van der Waals surface area contributed by atoms with Crippen molar-refractivity contribution in [2.24, 2.45) is 0 Å². The Balaban J connectivity index is 3.00. The maximum atomic E-state index is 12.0. The maximum Gasteiger partial charge on any atom is 0.326 e. The number of carbonyl (C=O) groups is 3. The molecule has 0 bridgehead atoms. The summed E-state index contributed by atoms with van der Waals surface area (Å²) >= 11 is 0. The van der Waals surface area contributed by atoms with Gasteiger partial charge in [0.1, 0.15) is 0 Å². The van der Waals surface area contributed by atoms with E-state index in [0.717, 1.165) is 0 Å². The Morgan fingerprint density at radius 1 is 1.00 bits per heavy atom. The number of likely N-dealkylation sites (N-methyl/N-ethyl adjacent to an activating group) is 2. The van der Waals surface area contributed by atoms with Crippen molar-refractivity contribution >= 4 is 18.0 Å². The first-order chi connectivity index (χ1) is 8.42. The Kier molecular flexibility index (Phi) is 4.52. The minimum Gasteiger partial charge on any atom is -0.435 e. The topological polar surface area (TPSA) is 76.2 Å². The number of urea groups is 1. The van der Waals surface area contributed by atoms with Crippen LogP contribution in [0.4, 0.5) is 4.79 Å². The lowest BCUT2D eigenvalue weighted by Crippen LogP contribution is -2.43. The average molecular weight is 258 g/mol. The van der Waals surface area contributed by atoms with Crippen molar-refractivity contribution in [3.8, 4) is 0 Å². The molecule has 0 aromatic heterocycles. The van der Waals surface area contributed by atoms with E-state index < -0.39 is 24.4 Å². The molecule has 0 aromatic carbocycles. The smallest absolute Gasteiger partial charge is 0.326 e. The van der Waals surface area contributed by atoms with Gasteiger partial charge in [-0.1, -0.05) is 0 Å². The van der Waals surface area contributed by atoms with E-state index in [1.165, 1.54) is 23.6 Å². The van der Waals surface area contributed by atoms with Crippen molar-refractivity contribution in [2.75, 3.05) is 13.1 Å². The number of esters is 2. The molecule has 2 amide bonds. The van der Waals surface area contributed by atoms with Gasteiger partial charge in [0.15, 0.2) is 0 Å². The summed E-state index contributed by atoms with van der Waals surface area (Å²) in [5, 5.41) is 0. The van der Waals surface area contributed by atoms with Gasteiger partial charge in [-0.15, -0.1) is 0 Å². The Morgan fingerprint density at radius 3 is 1.56 bits per heavy atom. The highest BCUT2D eigenvalue weighted by Crippen LogP contribution is 2.24. The molecule has 18 heavy (non-hydrogen) atoms. The van der Waals surface area contributed by atoms with E-state index in [4.69, 9.17) is 9.47 Å².